The first kappa shape index (κ1) is 10.1. The molecule has 2 aromatic carbocycles. The molecular weight excluding hydrogens is 224 g/mol. The van der Waals surface area contributed by atoms with Crippen LogP contribution in [0.25, 0.3) is 10.8 Å². The third-order valence-corrected chi connectivity index (χ3v) is 4.27. The van der Waals surface area contributed by atoms with Gasteiger partial charge in [-0.1, -0.05) is 36.4 Å². The van der Waals surface area contributed by atoms with Crippen molar-refractivity contribution in [3.63, 3.8) is 0 Å². The molecule has 0 aliphatic heterocycles. The Kier molecular flexibility index (Phi) is 1.88. The number of ether oxygens (including phenoxy) is 1. The molecule has 90 valence electrons. The van der Waals surface area contributed by atoms with Gasteiger partial charge < -0.3 is 4.74 Å². The molecule has 1 fully saturated rings. The minimum absolute atomic E-state index is 0.0287. The Morgan fingerprint density at radius 2 is 1.72 bits per heavy atom. The molecule has 0 aromatic heterocycles. The van der Waals surface area contributed by atoms with E-state index in [1.54, 1.807) is 0 Å². The topological polar surface area (TPSA) is 26.3 Å². The smallest absolute Gasteiger partial charge is 0.310 e. The summed E-state index contributed by atoms with van der Waals surface area (Å²) < 4.78 is 5.17. The van der Waals surface area contributed by atoms with E-state index < -0.39 is 0 Å². The maximum absolute atomic E-state index is 11.9. The van der Waals surface area contributed by atoms with Crippen LogP contribution in [0.2, 0.25) is 0 Å². The van der Waals surface area contributed by atoms with Crippen LogP contribution in [0.15, 0.2) is 36.4 Å². The summed E-state index contributed by atoms with van der Waals surface area (Å²) in [6.07, 6.45) is 0. The van der Waals surface area contributed by atoms with E-state index in [-0.39, 0.29) is 11.9 Å². The van der Waals surface area contributed by atoms with E-state index in [2.05, 4.69) is 36.4 Å². The number of hydrogen-bond donors (Lipinski definition) is 0. The first-order valence-electron chi connectivity index (χ1n) is 6.51. The van der Waals surface area contributed by atoms with E-state index in [1.165, 1.54) is 21.9 Å². The number of carbonyl (C=O) groups is 1. The standard InChI is InChI=1S/C16H14O2/c1-2-18-16(17)15-13-10-7-3-5-9-6-4-8-11(12(9)10)14(13)15/h3-8,13-15H,2H2,1H3/t13-,14-/m0/s1. The summed E-state index contributed by atoms with van der Waals surface area (Å²) in [5, 5.41) is 2.66. The molecule has 2 heteroatoms. The van der Waals surface area contributed by atoms with Crippen LogP contribution in [-0.2, 0) is 9.53 Å². The van der Waals surface area contributed by atoms with Gasteiger partial charge in [-0.3, -0.25) is 4.79 Å². The molecule has 4 rings (SSSR count). The first-order valence-corrected chi connectivity index (χ1v) is 6.51. The van der Waals surface area contributed by atoms with E-state index in [9.17, 15) is 4.79 Å². The van der Waals surface area contributed by atoms with Crippen LogP contribution in [0, 0.1) is 5.92 Å². The van der Waals surface area contributed by atoms with Crippen LogP contribution < -0.4 is 0 Å². The average molecular weight is 238 g/mol. The van der Waals surface area contributed by atoms with E-state index in [0.29, 0.717) is 18.4 Å². The van der Waals surface area contributed by atoms with Gasteiger partial charge in [-0.15, -0.1) is 0 Å². The maximum Gasteiger partial charge on any atom is 0.310 e. The fourth-order valence-corrected chi connectivity index (χ4v) is 3.57. The second-order valence-corrected chi connectivity index (χ2v) is 5.12. The highest BCUT2D eigenvalue weighted by atomic mass is 16.5. The van der Waals surface area contributed by atoms with Crippen LogP contribution >= 0.6 is 0 Å². The van der Waals surface area contributed by atoms with E-state index in [4.69, 9.17) is 4.74 Å². The third kappa shape index (κ3) is 1.10. The van der Waals surface area contributed by atoms with Gasteiger partial charge in [0.25, 0.3) is 0 Å². The molecule has 18 heavy (non-hydrogen) atoms. The quantitative estimate of drug-likeness (QED) is 0.751. The van der Waals surface area contributed by atoms with Crippen molar-refractivity contribution in [2.45, 2.75) is 18.8 Å². The van der Waals surface area contributed by atoms with Crippen LogP contribution in [0.3, 0.4) is 0 Å². The summed E-state index contributed by atoms with van der Waals surface area (Å²) >= 11 is 0. The van der Waals surface area contributed by atoms with E-state index in [1.807, 2.05) is 6.92 Å². The SMILES string of the molecule is CCOC(=O)C1[C@H]2c3cccc4cccc(c34)[C@H]12. The van der Waals surface area contributed by atoms with Gasteiger partial charge >= 0.3 is 5.97 Å². The molecule has 0 N–H and O–H groups in total. The molecule has 0 spiro atoms. The van der Waals surface area contributed by atoms with Crippen molar-refractivity contribution >= 4 is 16.7 Å². The van der Waals surface area contributed by atoms with Gasteiger partial charge in [-0.2, -0.15) is 0 Å². The molecule has 2 nitrogen and oxygen atoms in total. The lowest BCUT2D eigenvalue weighted by atomic mass is 9.98. The average Bonchev–Trinajstić information content (AvgIpc) is 3.05. The Morgan fingerprint density at radius 1 is 1.11 bits per heavy atom. The van der Waals surface area contributed by atoms with Gasteiger partial charge in [0.05, 0.1) is 12.5 Å². The zero-order chi connectivity index (χ0) is 12.3. The fraction of sp³-hybridized carbons (Fsp3) is 0.312. The van der Waals surface area contributed by atoms with Crippen molar-refractivity contribution in [2.24, 2.45) is 5.92 Å². The lowest BCUT2D eigenvalue weighted by molar-refractivity contribution is -0.144. The molecule has 2 aromatic rings. The lowest BCUT2D eigenvalue weighted by Gasteiger charge is -2.08. The van der Waals surface area contributed by atoms with Crippen LogP contribution in [-0.4, -0.2) is 12.6 Å². The Hall–Kier alpha value is -1.83. The van der Waals surface area contributed by atoms with Gasteiger partial charge in [-0.05, 0) is 28.8 Å². The molecule has 0 radical (unpaired) electrons. The first-order chi connectivity index (χ1) is 8.83. The van der Waals surface area contributed by atoms with Crippen LogP contribution in [0.1, 0.15) is 29.9 Å². The number of carbonyl (C=O) groups excluding carboxylic acids is 1. The molecule has 2 atom stereocenters. The largest absolute Gasteiger partial charge is 0.466 e. The highest BCUT2D eigenvalue weighted by Crippen LogP contribution is 2.67. The highest BCUT2D eigenvalue weighted by molar-refractivity contribution is 5.97. The second-order valence-electron chi connectivity index (χ2n) is 5.12. The molecule has 2 aliphatic rings. The van der Waals surface area contributed by atoms with E-state index in [0.717, 1.165) is 0 Å². The summed E-state index contributed by atoms with van der Waals surface area (Å²) in [6, 6.07) is 12.8. The lowest BCUT2D eigenvalue weighted by Crippen LogP contribution is -2.09. The monoisotopic (exact) mass is 238 g/mol. The number of hydrogen-bond acceptors (Lipinski definition) is 2. The van der Waals surface area contributed by atoms with Crippen molar-refractivity contribution in [2.75, 3.05) is 6.61 Å². The summed E-state index contributed by atoms with van der Waals surface area (Å²) in [7, 11) is 0. The minimum atomic E-state index is -0.0287. The zero-order valence-electron chi connectivity index (χ0n) is 10.2. The van der Waals surface area contributed by atoms with Crippen molar-refractivity contribution in [1.82, 2.24) is 0 Å². The number of esters is 1. The Bertz CT molecular complexity index is 614. The molecule has 0 heterocycles. The third-order valence-electron chi connectivity index (χ3n) is 4.27. The van der Waals surface area contributed by atoms with Gasteiger partial charge in [0, 0.05) is 11.8 Å². The summed E-state index contributed by atoms with van der Waals surface area (Å²) in [4.78, 5) is 11.9. The van der Waals surface area contributed by atoms with Crippen molar-refractivity contribution in [3.05, 3.63) is 47.5 Å². The predicted molar refractivity (Wildman–Crippen MR) is 69.6 cm³/mol. The van der Waals surface area contributed by atoms with Crippen molar-refractivity contribution < 1.29 is 9.53 Å². The van der Waals surface area contributed by atoms with Gasteiger partial charge in [0.2, 0.25) is 0 Å². The molecule has 0 unspecified atom stereocenters. The second kappa shape index (κ2) is 3.35. The molecule has 0 bridgehead atoms. The maximum atomic E-state index is 11.9. The van der Waals surface area contributed by atoms with Crippen molar-refractivity contribution in [1.29, 1.82) is 0 Å². The number of rotatable bonds is 2. The summed E-state index contributed by atoms with van der Waals surface area (Å²) in [5.41, 5.74) is 2.68. The van der Waals surface area contributed by atoms with E-state index >= 15 is 0 Å². The summed E-state index contributed by atoms with van der Waals surface area (Å²) in [5.74, 6) is 0.764. The molecule has 0 amide bonds. The Labute approximate surface area is 106 Å². The fourth-order valence-electron chi connectivity index (χ4n) is 3.57. The molecule has 2 aliphatic carbocycles. The summed E-state index contributed by atoms with van der Waals surface area (Å²) in [6.45, 7) is 2.34. The number of benzene rings is 2. The normalized spacial score (nSPS) is 27.1. The Morgan fingerprint density at radius 3 is 2.28 bits per heavy atom. The molecule has 1 saturated carbocycles. The molecular formula is C16H14O2. The molecule has 0 saturated heterocycles. The highest BCUT2D eigenvalue weighted by Gasteiger charge is 2.61. The minimum Gasteiger partial charge on any atom is -0.466 e. The van der Waals surface area contributed by atoms with Gasteiger partial charge in [-0.25, -0.2) is 0 Å². The van der Waals surface area contributed by atoms with Crippen LogP contribution in [0.5, 0.6) is 0 Å². The van der Waals surface area contributed by atoms with Gasteiger partial charge in [0.1, 0.15) is 0 Å². The van der Waals surface area contributed by atoms with Crippen molar-refractivity contribution in [3.8, 4) is 0 Å². The predicted octanol–water partition coefficient (Wildman–Crippen LogP) is 3.21. The Balaban J connectivity index is 1.82. The number of fused-ring (bicyclic) bond motifs is 3. The van der Waals surface area contributed by atoms with Gasteiger partial charge in [0.15, 0.2) is 0 Å². The van der Waals surface area contributed by atoms with Crippen LogP contribution in [0.4, 0.5) is 0 Å². The zero-order valence-corrected chi connectivity index (χ0v) is 10.2.